The molecule has 0 spiro atoms. The van der Waals surface area contributed by atoms with Crippen molar-refractivity contribution in [1.82, 2.24) is 9.55 Å². The first-order chi connectivity index (χ1) is 5.75. The van der Waals surface area contributed by atoms with E-state index in [2.05, 4.69) is 4.98 Å². The Hall–Kier alpha value is -0.990. The molecule has 12 heavy (non-hydrogen) atoms. The average molecular weight is 166 g/mol. The Balaban J connectivity index is 2.05. The van der Waals surface area contributed by atoms with E-state index >= 15 is 0 Å². The minimum absolute atomic E-state index is 0.422. The number of aromatic nitrogens is 2. The minimum Gasteiger partial charge on any atom is -0.461 e. The van der Waals surface area contributed by atoms with E-state index in [0.29, 0.717) is 6.10 Å². The number of hydrogen-bond acceptors (Lipinski definition) is 2. The van der Waals surface area contributed by atoms with Crippen LogP contribution in [0.5, 0.6) is 6.01 Å². The second-order valence-electron chi connectivity index (χ2n) is 3.45. The molecule has 0 unspecified atom stereocenters. The van der Waals surface area contributed by atoms with Crippen LogP contribution in [0.15, 0.2) is 6.20 Å². The molecule has 1 saturated carbocycles. The fourth-order valence-corrected chi connectivity index (χ4v) is 1.34. The maximum atomic E-state index is 5.65. The topological polar surface area (TPSA) is 27.1 Å². The second kappa shape index (κ2) is 2.81. The van der Waals surface area contributed by atoms with Gasteiger partial charge in [0.15, 0.2) is 0 Å². The van der Waals surface area contributed by atoms with Crippen molar-refractivity contribution in [2.45, 2.75) is 32.3 Å². The molecule has 1 aromatic rings. The Morgan fingerprint density at radius 2 is 2.33 bits per heavy atom. The van der Waals surface area contributed by atoms with Crippen LogP contribution < -0.4 is 4.74 Å². The van der Waals surface area contributed by atoms with Gasteiger partial charge in [-0.05, 0) is 26.2 Å². The molecule has 1 fully saturated rings. The van der Waals surface area contributed by atoms with Gasteiger partial charge in [-0.25, -0.2) is 4.98 Å². The standard InChI is InChI=1S/C9H14N2O/c1-7-6-11(2)9(10-7)12-8-4-3-5-8/h6,8H,3-5H2,1-2H3. The van der Waals surface area contributed by atoms with Gasteiger partial charge in [0, 0.05) is 13.2 Å². The monoisotopic (exact) mass is 166 g/mol. The van der Waals surface area contributed by atoms with Crippen LogP contribution in [0.2, 0.25) is 0 Å². The lowest BCUT2D eigenvalue weighted by Crippen LogP contribution is -2.25. The zero-order valence-corrected chi connectivity index (χ0v) is 7.58. The Morgan fingerprint density at radius 1 is 1.58 bits per heavy atom. The van der Waals surface area contributed by atoms with E-state index in [1.807, 2.05) is 24.7 Å². The lowest BCUT2D eigenvalue weighted by molar-refractivity contribution is 0.105. The summed E-state index contributed by atoms with van der Waals surface area (Å²) in [5.41, 5.74) is 1.02. The first-order valence-electron chi connectivity index (χ1n) is 4.42. The average Bonchev–Trinajstić information content (AvgIpc) is 2.21. The fourth-order valence-electron chi connectivity index (χ4n) is 1.34. The van der Waals surface area contributed by atoms with Gasteiger partial charge in [0.25, 0.3) is 6.01 Å². The summed E-state index contributed by atoms with van der Waals surface area (Å²) in [5.74, 6) is 0. The zero-order valence-electron chi connectivity index (χ0n) is 7.58. The van der Waals surface area contributed by atoms with Gasteiger partial charge >= 0.3 is 0 Å². The van der Waals surface area contributed by atoms with Gasteiger partial charge < -0.3 is 9.30 Å². The molecule has 1 heterocycles. The fraction of sp³-hybridized carbons (Fsp3) is 0.667. The van der Waals surface area contributed by atoms with Gasteiger partial charge in [-0.2, -0.15) is 0 Å². The van der Waals surface area contributed by atoms with Crippen LogP contribution in [0.1, 0.15) is 25.0 Å². The molecule has 0 amide bonds. The summed E-state index contributed by atoms with van der Waals surface area (Å²) in [6, 6.07) is 0.761. The number of ether oxygens (including phenoxy) is 1. The third kappa shape index (κ3) is 1.31. The molecular formula is C9H14N2O. The Kier molecular flexibility index (Phi) is 1.79. The zero-order chi connectivity index (χ0) is 8.55. The van der Waals surface area contributed by atoms with Gasteiger partial charge in [0.05, 0.1) is 5.69 Å². The molecule has 1 aliphatic carbocycles. The Bertz CT molecular complexity index is 276. The highest BCUT2D eigenvalue weighted by atomic mass is 16.5. The largest absolute Gasteiger partial charge is 0.461 e. The minimum atomic E-state index is 0.422. The predicted octanol–water partition coefficient (Wildman–Crippen LogP) is 1.66. The van der Waals surface area contributed by atoms with E-state index in [-0.39, 0.29) is 0 Å². The summed E-state index contributed by atoms with van der Waals surface area (Å²) in [5, 5.41) is 0. The molecule has 2 rings (SSSR count). The van der Waals surface area contributed by atoms with Gasteiger partial charge in [-0.3, -0.25) is 0 Å². The van der Waals surface area contributed by atoms with Crippen LogP contribution in [-0.2, 0) is 7.05 Å². The van der Waals surface area contributed by atoms with Crippen LogP contribution in [-0.4, -0.2) is 15.7 Å². The molecule has 0 saturated heterocycles. The summed E-state index contributed by atoms with van der Waals surface area (Å²) in [6.07, 6.45) is 6.07. The maximum absolute atomic E-state index is 5.65. The predicted molar refractivity (Wildman–Crippen MR) is 46.2 cm³/mol. The number of hydrogen-bond donors (Lipinski definition) is 0. The molecule has 1 aromatic heterocycles. The van der Waals surface area contributed by atoms with Crippen molar-refractivity contribution in [3.8, 4) is 6.01 Å². The Morgan fingerprint density at radius 3 is 2.75 bits per heavy atom. The molecule has 3 heteroatoms. The van der Waals surface area contributed by atoms with Crippen LogP contribution in [0, 0.1) is 6.92 Å². The summed E-state index contributed by atoms with van der Waals surface area (Å²) < 4.78 is 7.59. The van der Waals surface area contributed by atoms with Crippen molar-refractivity contribution in [3.63, 3.8) is 0 Å². The van der Waals surface area contributed by atoms with E-state index in [1.54, 1.807) is 0 Å². The first kappa shape index (κ1) is 7.65. The van der Waals surface area contributed by atoms with E-state index in [9.17, 15) is 0 Å². The van der Waals surface area contributed by atoms with E-state index in [1.165, 1.54) is 19.3 Å². The molecule has 1 aliphatic rings. The van der Waals surface area contributed by atoms with E-state index < -0.39 is 0 Å². The van der Waals surface area contributed by atoms with E-state index in [4.69, 9.17) is 4.74 Å². The summed E-state index contributed by atoms with van der Waals surface area (Å²) in [4.78, 5) is 4.27. The molecule has 0 atom stereocenters. The summed E-state index contributed by atoms with van der Waals surface area (Å²) >= 11 is 0. The summed E-state index contributed by atoms with van der Waals surface area (Å²) in [6.45, 7) is 1.98. The quantitative estimate of drug-likeness (QED) is 0.668. The molecule has 0 aliphatic heterocycles. The smallest absolute Gasteiger partial charge is 0.296 e. The SMILES string of the molecule is Cc1cn(C)c(OC2CCC2)n1. The summed E-state index contributed by atoms with van der Waals surface area (Å²) in [7, 11) is 1.97. The number of nitrogens with zero attached hydrogens (tertiary/aromatic N) is 2. The van der Waals surface area contributed by atoms with Crippen molar-refractivity contribution in [1.29, 1.82) is 0 Å². The molecule has 0 aromatic carbocycles. The highest BCUT2D eigenvalue weighted by Crippen LogP contribution is 2.23. The lowest BCUT2D eigenvalue weighted by atomic mass is 9.96. The van der Waals surface area contributed by atoms with Crippen molar-refractivity contribution in [2.75, 3.05) is 0 Å². The number of rotatable bonds is 2. The third-order valence-electron chi connectivity index (χ3n) is 2.28. The van der Waals surface area contributed by atoms with Gasteiger partial charge in [0.1, 0.15) is 6.10 Å². The molecule has 0 radical (unpaired) electrons. The van der Waals surface area contributed by atoms with Crippen molar-refractivity contribution in [3.05, 3.63) is 11.9 Å². The lowest BCUT2D eigenvalue weighted by Gasteiger charge is -2.25. The second-order valence-corrected chi connectivity index (χ2v) is 3.45. The van der Waals surface area contributed by atoms with Crippen molar-refractivity contribution in [2.24, 2.45) is 7.05 Å². The van der Waals surface area contributed by atoms with Crippen LogP contribution in [0.4, 0.5) is 0 Å². The molecule has 0 N–H and O–H groups in total. The maximum Gasteiger partial charge on any atom is 0.296 e. The first-order valence-corrected chi connectivity index (χ1v) is 4.42. The normalized spacial score (nSPS) is 17.5. The van der Waals surface area contributed by atoms with Crippen LogP contribution in [0.25, 0.3) is 0 Å². The molecule has 0 bridgehead atoms. The molecular weight excluding hydrogens is 152 g/mol. The van der Waals surface area contributed by atoms with Crippen molar-refractivity contribution >= 4 is 0 Å². The van der Waals surface area contributed by atoms with Crippen molar-refractivity contribution < 1.29 is 4.74 Å². The third-order valence-corrected chi connectivity index (χ3v) is 2.28. The highest BCUT2D eigenvalue weighted by Gasteiger charge is 2.20. The number of aryl methyl sites for hydroxylation is 2. The van der Waals surface area contributed by atoms with Crippen LogP contribution in [0.3, 0.4) is 0 Å². The van der Waals surface area contributed by atoms with E-state index in [0.717, 1.165) is 11.7 Å². The van der Waals surface area contributed by atoms with Gasteiger partial charge in [-0.15, -0.1) is 0 Å². The molecule has 3 nitrogen and oxygen atoms in total. The number of imidazole rings is 1. The molecule has 66 valence electrons. The van der Waals surface area contributed by atoms with Gasteiger partial charge in [-0.1, -0.05) is 0 Å². The Labute approximate surface area is 72.4 Å². The van der Waals surface area contributed by atoms with Crippen LogP contribution >= 0.6 is 0 Å². The highest BCUT2D eigenvalue weighted by molar-refractivity contribution is 5.06. The van der Waals surface area contributed by atoms with Gasteiger partial charge in [0.2, 0.25) is 0 Å².